The smallest absolute Gasteiger partial charge is 0.411 e. The maximum absolute atomic E-state index is 11.5. The summed E-state index contributed by atoms with van der Waals surface area (Å²) >= 11 is 1.40. The summed E-state index contributed by atoms with van der Waals surface area (Å²) in [6.07, 6.45) is -0.440. The first-order valence-corrected chi connectivity index (χ1v) is 7.18. The van der Waals surface area contributed by atoms with Crippen LogP contribution in [-0.2, 0) is 4.74 Å². The summed E-state index contributed by atoms with van der Waals surface area (Å²) in [6.45, 7) is 4.38. The van der Waals surface area contributed by atoms with Crippen molar-refractivity contribution in [1.29, 1.82) is 0 Å². The third-order valence-electron chi connectivity index (χ3n) is 2.50. The molecule has 2 aromatic rings. The predicted molar refractivity (Wildman–Crippen MR) is 81.8 cm³/mol. The number of ether oxygens (including phenoxy) is 1. The Balaban J connectivity index is 1.96. The van der Waals surface area contributed by atoms with E-state index in [1.807, 2.05) is 43.5 Å². The molecule has 1 aromatic heterocycles. The van der Waals surface area contributed by atoms with Crippen LogP contribution < -0.4 is 11.1 Å². The van der Waals surface area contributed by atoms with Gasteiger partial charge in [-0.25, -0.2) is 9.78 Å². The molecule has 0 aliphatic carbocycles. The van der Waals surface area contributed by atoms with Crippen molar-refractivity contribution in [2.75, 3.05) is 17.7 Å². The molecule has 106 valence electrons. The summed E-state index contributed by atoms with van der Waals surface area (Å²) in [5, 5.41) is 5.12. The molecular weight excluding hydrogens is 274 g/mol. The lowest BCUT2D eigenvalue weighted by Crippen LogP contribution is -2.16. The van der Waals surface area contributed by atoms with Gasteiger partial charge in [0.15, 0.2) is 5.13 Å². The molecule has 3 N–H and O–H groups in total. The van der Waals surface area contributed by atoms with Gasteiger partial charge in [0.25, 0.3) is 0 Å². The largest absolute Gasteiger partial charge is 0.449 e. The number of nitrogen functional groups attached to an aromatic ring is 1. The fraction of sp³-hybridized carbons (Fsp3) is 0.286. The second kappa shape index (κ2) is 6.38. The molecule has 0 radical (unpaired) electrons. The number of thiazole rings is 1. The third kappa shape index (κ3) is 3.96. The molecule has 1 heterocycles. The lowest BCUT2D eigenvalue weighted by Gasteiger charge is -2.09. The van der Waals surface area contributed by atoms with Gasteiger partial charge in [-0.2, -0.15) is 0 Å². The molecule has 0 aliphatic heterocycles. The Kier molecular flexibility index (Phi) is 4.57. The molecular formula is C14H17N3O2S. The van der Waals surface area contributed by atoms with Gasteiger partial charge in [-0.05, 0) is 18.1 Å². The standard InChI is InChI=1S/C14H17N3O2S/c1-9(2)7-19-14(18)16-11-5-3-10(4-6-11)12-8-20-13(15)17-12/h3-6,8-9H,7H2,1-2H3,(H2,15,17)(H,16,18). The van der Waals surface area contributed by atoms with Gasteiger partial charge >= 0.3 is 6.09 Å². The van der Waals surface area contributed by atoms with E-state index in [-0.39, 0.29) is 0 Å². The molecule has 20 heavy (non-hydrogen) atoms. The van der Waals surface area contributed by atoms with Gasteiger partial charge in [-0.3, -0.25) is 5.32 Å². The third-order valence-corrected chi connectivity index (χ3v) is 3.17. The van der Waals surface area contributed by atoms with Gasteiger partial charge < -0.3 is 10.5 Å². The zero-order valence-corrected chi connectivity index (χ0v) is 12.2. The van der Waals surface area contributed by atoms with Gasteiger partial charge in [0, 0.05) is 16.6 Å². The first kappa shape index (κ1) is 14.3. The highest BCUT2D eigenvalue weighted by Crippen LogP contribution is 2.24. The van der Waals surface area contributed by atoms with Crippen molar-refractivity contribution in [2.45, 2.75) is 13.8 Å². The van der Waals surface area contributed by atoms with E-state index in [4.69, 9.17) is 10.5 Å². The summed E-state index contributed by atoms with van der Waals surface area (Å²) in [5.74, 6) is 0.318. The Labute approximate surface area is 121 Å². The van der Waals surface area contributed by atoms with Crippen LogP contribution >= 0.6 is 11.3 Å². The highest BCUT2D eigenvalue weighted by molar-refractivity contribution is 7.13. The maximum atomic E-state index is 11.5. The van der Waals surface area contributed by atoms with Crippen molar-refractivity contribution in [1.82, 2.24) is 4.98 Å². The number of nitrogens with zero attached hydrogens (tertiary/aromatic N) is 1. The zero-order valence-electron chi connectivity index (χ0n) is 11.4. The number of benzene rings is 1. The molecule has 1 amide bonds. The Morgan fingerprint density at radius 3 is 2.65 bits per heavy atom. The molecule has 6 heteroatoms. The van der Waals surface area contributed by atoms with Crippen LogP contribution in [-0.4, -0.2) is 17.7 Å². The molecule has 5 nitrogen and oxygen atoms in total. The predicted octanol–water partition coefficient (Wildman–Crippen LogP) is 3.60. The second-order valence-corrected chi connectivity index (χ2v) is 5.66. The highest BCUT2D eigenvalue weighted by atomic mass is 32.1. The van der Waals surface area contributed by atoms with Crippen LogP contribution in [0, 0.1) is 5.92 Å². The van der Waals surface area contributed by atoms with E-state index >= 15 is 0 Å². The van der Waals surface area contributed by atoms with E-state index in [9.17, 15) is 4.79 Å². The number of nitrogens with one attached hydrogen (secondary N) is 1. The first-order chi connectivity index (χ1) is 9.54. The molecule has 0 saturated heterocycles. The van der Waals surface area contributed by atoms with E-state index in [1.54, 1.807) is 0 Å². The van der Waals surface area contributed by atoms with E-state index in [0.29, 0.717) is 23.3 Å². The maximum Gasteiger partial charge on any atom is 0.411 e. The molecule has 0 bridgehead atoms. The normalized spacial score (nSPS) is 10.6. The fourth-order valence-corrected chi connectivity index (χ4v) is 2.11. The van der Waals surface area contributed by atoms with Crippen LogP contribution in [0.1, 0.15) is 13.8 Å². The minimum Gasteiger partial charge on any atom is -0.449 e. The van der Waals surface area contributed by atoms with Gasteiger partial charge in [0.05, 0.1) is 12.3 Å². The Hall–Kier alpha value is -2.08. The van der Waals surface area contributed by atoms with E-state index < -0.39 is 6.09 Å². The van der Waals surface area contributed by atoms with Gasteiger partial charge in [-0.15, -0.1) is 11.3 Å². The van der Waals surface area contributed by atoms with Crippen molar-refractivity contribution in [3.05, 3.63) is 29.6 Å². The Morgan fingerprint density at radius 1 is 1.40 bits per heavy atom. The van der Waals surface area contributed by atoms with Crippen LogP contribution in [0.25, 0.3) is 11.3 Å². The molecule has 0 saturated carbocycles. The lowest BCUT2D eigenvalue weighted by atomic mass is 10.1. The highest BCUT2D eigenvalue weighted by Gasteiger charge is 2.06. The first-order valence-electron chi connectivity index (χ1n) is 6.30. The van der Waals surface area contributed by atoms with Crippen LogP contribution in [0.3, 0.4) is 0 Å². The minimum absolute atomic E-state index is 0.318. The van der Waals surface area contributed by atoms with Crippen molar-refractivity contribution in [3.8, 4) is 11.3 Å². The molecule has 0 aliphatic rings. The van der Waals surface area contributed by atoms with E-state index in [2.05, 4.69) is 10.3 Å². The van der Waals surface area contributed by atoms with Gasteiger partial charge in [0.2, 0.25) is 0 Å². The van der Waals surface area contributed by atoms with Gasteiger partial charge in [0.1, 0.15) is 0 Å². The number of nitrogens with two attached hydrogens (primary N) is 1. The minimum atomic E-state index is -0.440. The Morgan fingerprint density at radius 2 is 2.10 bits per heavy atom. The fourth-order valence-electron chi connectivity index (χ4n) is 1.54. The summed E-state index contributed by atoms with van der Waals surface area (Å²) in [4.78, 5) is 15.7. The molecule has 0 atom stereocenters. The number of hydrogen-bond donors (Lipinski definition) is 2. The number of aromatic nitrogens is 1. The SMILES string of the molecule is CC(C)COC(=O)Nc1ccc(-c2csc(N)n2)cc1. The number of carbonyl (C=O) groups excluding carboxylic acids is 1. The molecule has 2 rings (SSSR count). The van der Waals surface area contributed by atoms with Crippen molar-refractivity contribution in [3.63, 3.8) is 0 Å². The summed E-state index contributed by atoms with van der Waals surface area (Å²) in [5.41, 5.74) is 8.08. The number of rotatable bonds is 4. The number of hydrogen-bond acceptors (Lipinski definition) is 5. The summed E-state index contributed by atoms with van der Waals surface area (Å²) < 4.78 is 5.05. The van der Waals surface area contributed by atoms with Crippen molar-refractivity contribution >= 4 is 28.2 Å². The average molecular weight is 291 g/mol. The van der Waals surface area contributed by atoms with Crippen molar-refractivity contribution < 1.29 is 9.53 Å². The molecule has 0 unspecified atom stereocenters. The number of amides is 1. The lowest BCUT2D eigenvalue weighted by molar-refractivity contribution is 0.147. The Bertz CT molecular complexity index is 578. The van der Waals surface area contributed by atoms with Crippen LogP contribution in [0.4, 0.5) is 15.6 Å². The van der Waals surface area contributed by atoms with Crippen LogP contribution in [0.15, 0.2) is 29.6 Å². The average Bonchev–Trinajstić information content (AvgIpc) is 2.84. The summed E-state index contributed by atoms with van der Waals surface area (Å²) in [7, 11) is 0. The van der Waals surface area contributed by atoms with Crippen LogP contribution in [0.5, 0.6) is 0 Å². The molecule has 1 aromatic carbocycles. The topological polar surface area (TPSA) is 77.2 Å². The van der Waals surface area contributed by atoms with Crippen LogP contribution in [0.2, 0.25) is 0 Å². The number of carbonyl (C=O) groups is 1. The summed E-state index contributed by atoms with van der Waals surface area (Å²) in [6, 6.07) is 7.38. The quantitative estimate of drug-likeness (QED) is 0.902. The van der Waals surface area contributed by atoms with E-state index in [0.717, 1.165) is 11.3 Å². The molecule has 0 fully saturated rings. The zero-order chi connectivity index (χ0) is 14.5. The second-order valence-electron chi connectivity index (χ2n) is 4.77. The van der Waals surface area contributed by atoms with Crippen molar-refractivity contribution in [2.24, 2.45) is 5.92 Å². The van der Waals surface area contributed by atoms with Gasteiger partial charge in [-0.1, -0.05) is 26.0 Å². The monoisotopic (exact) mass is 291 g/mol. The number of anilines is 2. The van der Waals surface area contributed by atoms with E-state index in [1.165, 1.54) is 11.3 Å². The molecule has 0 spiro atoms.